The highest BCUT2D eigenvalue weighted by molar-refractivity contribution is 6.00. The molecule has 0 atom stereocenters. The highest BCUT2D eigenvalue weighted by atomic mass is 15.2. The number of aromatic nitrogens is 4. The van der Waals surface area contributed by atoms with Gasteiger partial charge < -0.3 is 9.88 Å². The largest absolute Gasteiger partial charge is 0.338 e. The molecule has 5 heteroatoms. The molecule has 0 saturated heterocycles. The summed E-state index contributed by atoms with van der Waals surface area (Å²) in [6.45, 7) is 0.505. The van der Waals surface area contributed by atoms with Crippen molar-refractivity contribution in [1.29, 1.82) is 0 Å². The molecule has 5 nitrogen and oxygen atoms in total. The second-order valence-electron chi connectivity index (χ2n) is 6.99. The normalized spacial score (nSPS) is 13.4. The van der Waals surface area contributed by atoms with Crippen molar-refractivity contribution in [3.8, 4) is 12.3 Å². The van der Waals surface area contributed by atoms with Gasteiger partial charge in [0.15, 0.2) is 5.82 Å². The van der Waals surface area contributed by atoms with E-state index in [0.717, 1.165) is 57.4 Å². The van der Waals surface area contributed by atoms with Gasteiger partial charge in [-0.05, 0) is 36.6 Å². The Kier molecular flexibility index (Phi) is 4.30. The third-order valence-corrected chi connectivity index (χ3v) is 5.10. The predicted octanol–water partition coefficient (Wildman–Crippen LogP) is 5.09. The molecule has 1 aliphatic rings. The maximum Gasteiger partial charge on any atom is 0.161 e. The van der Waals surface area contributed by atoms with Crippen LogP contribution in [0.4, 0.5) is 11.5 Å². The van der Waals surface area contributed by atoms with Crippen molar-refractivity contribution in [2.45, 2.75) is 19.4 Å². The molecule has 0 bridgehead atoms. The molecular weight excluding hydrogens is 358 g/mol. The maximum absolute atomic E-state index is 5.43. The molecule has 0 aliphatic heterocycles. The molecule has 0 fully saturated rings. The number of anilines is 2. The summed E-state index contributed by atoms with van der Waals surface area (Å²) in [5.41, 5.74) is 4.86. The van der Waals surface area contributed by atoms with Gasteiger partial charge in [0.1, 0.15) is 5.69 Å². The van der Waals surface area contributed by atoms with Crippen LogP contribution in [-0.4, -0.2) is 19.7 Å². The Bertz CT molecular complexity index is 1320. The van der Waals surface area contributed by atoms with Gasteiger partial charge in [-0.3, -0.25) is 0 Å². The zero-order chi connectivity index (χ0) is 19.6. The number of nitrogens with zero attached hydrogens (tertiary/aromatic N) is 4. The number of hydrogen-bond acceptors (Lipinski definition) is 4. The van der Waals surface area contributed by atoms with Crippen LogP contribution in [0.2, 0.25) is 0 Å². The molecule has 0 unspecified atom stereocenters. The SMILES string of the molecule is C#CCn1cnc2cc(Nc3nnc(C4=CCCC=C4)c4ccccc34)ccc21. The number of nitrogens with one attached hydrogen (secondary N) is 1. The van der Waals surface area contributed by atoms with Crippen molar-refractivity contribution in [2.75, 3.05) is 5.32 Å². The van der Waals surface area contributed by atoms with Gasteiger partial charge in [-0.25, -0.2) is 4.98 Å². The fraction of sp³-hybridized carbons (Fsp3) is 0.125. The minimum absolute atomic E-state index is 0.505. The van der Waals surface area contributed by atoms with Gasteiger partial charge in [0.25, 0.3) is 0 Å². The lowest BCUT2D eigenvalue weighted by Crippen LogP contribution is -2.01. The Hall–Kier alpha value is -3.91. The van der Waals surface area contributed by atoms with Crippen molar-refractivity contribution in [3.63, 3.8) is 0 Å². The van der Waals surface area contributed by atoms with Crippen LogP contribution in [0.3, 0.4) is 0 Å². The summed E-state index contributed by atoms with van der Waals surface area (Å²) in [6.07, 6.45) is 15.9. The van der Waals surface area contributed by atoms with Gasteiger partial charge >= 0.3 is 0 Å². The van der Waals surface area contributed by atoms with E-state index in [0.29, 0.717) is 6.54 Å². The van der Waals surface area contributed by atoms with Crippen molar-refractivity contribution in [2.24, 2.45) is 0 Å². The monoisotopic (exact) mass is 377 g/mol. The highest BCUT2D eigenvalue weighted by Gasteiger charge is 2.13. The molecule has 0 saturated carbocycles. The van der Waals surface area contributed by atoms with E-state index in [1.165, 1.54) is 0 Å². The zero-order valence-electron chi connectivity index (χ0n) is 15.8. The fourth-order valence-electron chi connectivity index (χ4n) is 3.70. The molecule has 0 spiro atoms. The number of imidazole rings is 1. The Morgan fingerprint density at radius 2 is 1.97 bits per heavy atom. The molecule has 0 radical (unpaired) electrons. The third-order valence-electron chi connectivity index (χ3n) is 5.10. The average Bonchev–Trinajstić information content (AvgIpc) is 3.17. The zero-order valence-corrected chi connectivity index (χ0v) is 15.8. The second kappa shape index (κ2) is 7.25. The van der Waals surface area contributed by atoms with Crippen LogP contribution in [0.5, 0.6) is 0 Å². The minimum Gasteiger partial charge on any atom is -0.338 e. The summed E-state index contributed by atoms with van der Waals surface area (Å²) in [6, 6.07) is 14.3. The van der Waals surface area contributed by atoms with Crippen LogP contribution >= 0.6 is 0 Å². The van der Waals surface area contributed by atoms with E-state index in [4.69, 9.17) is 6.42 Å². The molecule has 2 heterocycles. The number of fused-ring (bicyclic) bond motifs is 2. The minimum atomic E-state index is 0.505. The molecule has 1 N–H and O–H groups in total. The summed E-state index contributed by atoms with van der Waals surface area (Å²) in [5.74, 6) is 3.38. The first-order valence-electron chi connectivity index (χ1n) is 9.61. The van der Waals surface area contributed by atoms with E-state index < -0.39 is 0 Å². The lowest BCUT2D eigenvalue weighted by molar-refractivity contribution is 0.871. The van der Waals surface area contributed by atoms with Crippen LogP contribution in [0.25, 0.3) is 27.4 Å². The lowest BCUT2D eigenvalue weighted by Gasteiger charge is -2.13. The molecular formula is C24H19N5. The van der Waals surface area contributed by atoms with Crippen LogP contribution in [-0.2, 0) is 6.54 Å². The van der Waals surface area contributed by atoms with E-state index in [-0.39, 0.29) is 0 Å². The van der Waals surface area contributed by atoms with Crippen molar-refractivity contribution in [3.05, 3.63) is 72.7 Å². The van der Waals surface area contributed by atoms with Crippen molar-refractivity contribution >= 4 is 38.9 Å². The first-order chi connectivity index (χ1) is 14.3. The first-order valence-corrected chi connectivity index (χ1v) is 9.61. The summed E-state index contributed by atoms with van der Waals surface area (Å²) in [5, 5.41) is 14.6. The Balaban J connectivity index is 1.54. The summed E-state index contributed by atoms with van der Waals surface area (Å²) >= 11 is 0. The summed E-state index contributed by atoms with van der Waals surface area (Å²) < 4.78 is 1.95. The van der Waals surface area contributed by atoms with E-state index >= 15 is 0 Å². The molecule has 29 heavy (non-hydrogen) atoms. The number of rotatable bonds is 4. The average molecular weight is 377 g/mol. The van der Waals surface area contributed by atoms with Crippen LogP contribution in [0, 0.1) is 12.3 Å². The van der Waals surface area contributed by atoms with Gasteiger partial charge in [-0.15, -0.1) is 16.6 Å². The number of hydrogen-bond donors (Lipinski definition) is 1. The summed E-state index contributed by atoms with van der Waals surface area (Å²) in [7, 11) is 0. The molecule has 4 aromatic rings. The predicted molar refractivity (Wildman–Crippen MR) is 118 cm³/mol. The standard InChI is InChI=1S/C24H19N5/c1-2-14-29-16-25-21-15-18(12-13-22(21)29)26-24-20-11-7-6-10-19(20)23(27-28-24)17-8-4-3-5-9-17/h1,4,6-13,15-16H,3,5,14H2,(H,26,28). The van der Waals surface area contributed by atoms with E-state index in [1.54, 1.807) is 6.33 Å². The highest BCUT2D eigenvalue weighted by Crippen LogP contribution is 2.31. The van der Waals surface area contributed by atoms with Gasteiger partial charge in [-0.2, -0.15) is 0 Å². The molecule has 140 valence electrons. The smallest absolute Gasteiger partial charge is 0.161 e. The number of terminal acetylenes is 1. The topological polar surface area (TPSA) is 55.6 Å². The van der Waals surface area contributed by atoms with Crippen LogP contribution in [0.15, 0.2) is 67.0 Å². The first kappa shape index (κ1) is 17.2. The van der Waals surface area contributed by atoms with Crippen molar-refractivity contribution < 1.29 is 0 Å². The fourth-order valence-corrected chi connectivity index (χ4v) is 3.70. The maximum atomic E-state index is 5.43. The second-order valence-corrected chi connectivity index (χ2v) is 6.99. The van der Waals surface area contributed by atoms with Crippen LogP contribution < -0.4 is 5.32 Å². The Morgan fingerprint density at radius 3 is 2.79 bits per heavy atom. The quantitative estimate of drug-likeness (QED) is 0.503. The van der Waals surface area contributed by atoms with E-state index in [1.807, 2.05) is 34.9 Å². The number of allylic oxidation sites excluding steroid dienone is 4. The van der Waals surface area contributed by atoms with Gasteiger partial charge in [-0.1, -0.05) is 48.4 Å². The molecule has 1 aliphatic carbocycles. The Morgan fingerprint density at radius 1 is 1.07 bits per heavy atom. The van der Waals surface area contributed by atoms with Crippen LogP contribution in [0.1, 0.15) is 18.5 Å². The lowest BCUT2D eigenvalue weighted by atomic mass is 10.00. The van der Waals surface area contributed by atoms with Gasteiger partial charge in [0, 0.05) is 16.5 Å². The summed E-state index contributed by atoms with van der Waals surface area (Å²) in [4.78, 5) is 4.45. The van der Waals surface area contributed by atoms with E-state index in [9.17, 15) is 0 Å². The van der Waals surface area contributed by atoms with Gasteiger partial charge in [0.05, 0.1) is 23.9 Å². The molecule has 2 aromatic carbocycles. The van der Waals surface area contributed by atoms with Gasteiger partial charge in [0.2, 0.25) is 0 Å². The third kappa shape index (κ3) is 3.15. The number of benzene rings is 2. The Labute approximate surface area is 168 Å². The molecule has 2 aromatic heterocycles. The molecule has 0 amide bonds. The van der Waals surface area contributed by atoms with Crippen molar-refractivity contribution in [1.82, 2.24) is 19.7 Å². The molecule has 5 rings (SSSR count). The van der Waals surface area contributed by atoms with E-state index in [2.05, 4.69) is 56.8 Å².